The second-order valence-electron chi connectivity index (χ2n) is 2.99. The summed E-state index contributed by atoms with van der Waals surface area (Å²) in [5.74, 6) is -0.977. The number of carboxylic acid groups (broad SMARTS) is 1. The number of hydrogen-bond acceptors (Lipinski definition) is 2. The lowest BCUT2D eigenvalue weighted by Gasteiger charge is -2.14. The molecule has 0 aliphatic carbocycles. The van der Waals surface area contributed by atoms with Crippen molar-refractivity contribution in [3.05, 3.63) is 34.9 Å². The van der Waals surface area contributed by atoms with Crippen molar-refractivity contribution in [2.75, 3.05) is 0 Å². The first-order chi connectivity index (χ1) is 7.13. The molecule has 15 heavy (non-hydrogen) atoms. The minimum atomic E-state index is -0.977. The van der Waals surface area contributed by atoms with E-state index in [0.717, 1.165) is 0 Å². The summed E-state index contributed by atoms with van der Waals surface area (Å²) in [4.78, 5) is 20.9. The third-order valence-electron chi connectivity index (χ3n) is 1.90. The molecule has 0 radical (unpaired) electrons. The summed E-state index contributed by atoms with van der Waals surface area (Å²) in [6.07, 6.45) is 0.313. The zero-order valence-corrected chi connectivity index (χ0v) is 8.57. The molecule has 1 amide bonds. The van der Waals surface area contributed by atoms with Gasteiger partial charge < -0.3 is 10.4 Å². The maximum absolute atomic E-state index is 10.6. The Labute approximate surface area is 91.9 Å². The van der Waals surface area contributed by atoms with Gasteiger partial charge in [-0.2, -0.15) is 0 Å². The predicted octanol–water partition coefficient (Wildman–Crippen LogP) is 1.60. The fourth-order valence-corrected chi connectivity index (χ4v) is 1.45. The first-order valence-corrected chi connectivity index (χ1v) is 4.68. The van der Waals surface area contributed by atoms with Crippen LogP contribution in [0.15, 0.2) is 24.3 Å². The van der Waals surface area contributed by atoms with Crippen LogP contribution in [0.1, 0.15) is 18.0 Å². The molecule has 0 spiro atoms. The van der Waals surface area contributed by atoms with E-state index in [4.69, 9.17) is 16.7 Å². The second kappa shape index (κ2) is 5.36. The molecule has 1 aromatic carbocycles. The van der Waals surface area contributed by atoms with Crippen LogP contribution in [0.2, 0.25) is 5.02 Å². The van der Waals surface area contributed by atoms with Gasteiger partial charge in [0.2, 0.25) is 6.41 Å². The predicted molar refractivity (Wildman–Crippen MR) is 55.6 cm³/mol. The van der Waals surface area contributed by atoms with Crippen molar-refractivity contribution in [2.45, 2.75) is 12.5 Å². The first kappa shape index (κ1) is 11.5. The monoisotopic (exact) mass is 227 g/mol. The summed E-state index contributed by atoms with van der Waals surface area (Å²) < 4.78 is 0. The minimum absolute atomic E-state index is 0.168. The summed E-state index contributed by atoms with van der Waals surface area (Å²) in [6, 6.07) is 6.20. The summed E-state index contributed by atoms with van der Waals surface area (Å²) >= 11 is 5.76. The number of hydrogen-bond donors (Lipinski definition) is 2. The molecule has 0 aromatic heterocycles. The maximum atomic E-state index is 10.6. The molecule has 0 aliphatic heterocycles. The molecular formula is C10H10ClNO3. The lowest BCUT2D eigenvalue weighted by molar-refractivity contribution is -0.137. The third-order valence-corrected chi connectivity index (χ3v) is 2.13. The number of benzene rings is 1. The van der Waals surface area contributed by atoms with Gasteiger partial charge in [0.1, 0.15) is 0 Å². The summed E-state index contributed by atoms with van der Waals surface area (Å²) in [5, 5.41) is 11.6. The molecule has 0 bridgehead atoms. The van der Waals surface area contributed by atoms with Crippen LogP contribution < -0.4 is 5.32 Å². The standard InChI is InChI=1S/C10H10ClNO3/c11-8-3-1-2-7(4-8)9(12-6-13)5-10(14)15/h1-4,6,9H,5H2,(H,12,13)(H,14,15). The first-order valence-electron chi connectivity index (χ1n) is 4.30. The average molecular weight is 228 g/mol. The van der Waals surface area contributed by atoms with Gasteiger partial charge in [0, 0.05) is 5.02 Å². The van der Waals surface area contributed by atoms with Crippen LogP contribution in [0.5, 0.6) is 0 Å². The Kier molecular flexibility index (Phi) is 4.12. The van der Waals surface area contributed by atoms with Crippen molar-refractivity contribution in [2.24, 2.45) is 0 Å². The summed E-state index contributed by atoms with van der Waals surface area (Å²) in [6.45, 7) is 0. The molecule has 1 atom stereocenters. The van der Waals surface area contributed by atoms with Gasteiger partial charge in [-0.25, -0.2) is 0 Å². The van der Waals surface area contributed by atoms with Crippen LogP contribution in [0.25, 0.3) is 0 Å². The minimum Gasteiger partial charge on any atom is -0.481 e. The molecule has 2 N–H and O–H groups in total. The van der Waals surface area contributed by atoms with E-state index in [2.05, 4.69) is 5.32 Å². The fourth-order valence-electron chi connectivity index (χ4n) is 1.25. The Morgan fingerprint density at radius 3 is 2.87 bits per heavy atom. The van der Waals surface area contributed by atoms with E-state index in [-0.39, 0.29) is 6.42 Å². The van der Waals surface area contributed by atoms with Crippen molar-refractivity contribution in [1.29, 1.82) is 0 Å². The van der Waals surface area contributed by atoms with Crippen LogP contribution in [0.4, 0.5) is 0 Å². The highest BCUT2D eigenvalue weighted by Crippen LogP contribution is 2.19. The molecule has 1 aromatic rings. The number of carbonyl (C=O) groups is 2. The van der Waals surface area contributed by atoms with Gasteiger partial charge in [0.15, 0.2) is 0 Å². The molecule has 0 saturated carbocycles. The molecule has 1 rings (SSSR count). The van der Waals surface area contributed by atoms with E-state index in [0.29, 0.717) is 17.0 Å². The molecule has 0 saturated heterocycles. The maximum Gasteiger partial charge on any atom is 0.305 e. The third kappa shape index (κ3) is 3.59. The number of aliphatic carboxylic acids is 1. The summed E-state index contributed by atoms with van der Waals surface area (Å²) in [5.41, 5.74) is 0.678. The Morgan fingerprint density at radius 2 is 2.33 bits per heavy atom. The second-order valence-corrected chi connectivity index (χ2v) is 3.43. The van der Waals surface area contributed by atoms with Crippen molar-refractivity contribution in [3.63, 3.8) is 0 Å². The quantitative estimate of drug-likeness (QED) is 0.751. The van der Waals surface area contributed by atoms with E-state index in [1.165, 1.54) is 0 Å². The van der Waals surface area contributed by atoms with Crippen molar-refractivity contribution < 1.29 is 14.7 Å². The summed E-state index contributed by atoms with van der Waals surface area (Å²) in [7, 11) is 0. The zero-order chi connectivity index (χ0) is 11.3. The van der Waals surface area contributed by atoms with Crippen molar-refractivity contribution in [1.82, 2.24) is 5.32 Å². The van der Waals surface area contributed by atoms with Crippen LogP contribution in [0, 0.1) is 0 Å². The van der Waals surface area contributed by atoms with Gasteiger partial charge in [-0.15, -0.1) is 0 Å². The highest BCUT2D eigenvalue weighted by atomic mass is 35.5. The average Bonchev–Trinajstić information content (AvgIpc) is 2.16. The largest absolute Gasteiger partial charge is 0.481 e. The number of rotatable bonds is 5. The Morgan fingerprint density at radius 1 is 1.60 bits per heavy atom. The normalized spacial score (nSPS) is 11.8. The SMILES string of the molecule is O=CNC(CC(=O)O)c1cccc(Cl)c1. The molecule has 0 heterocycles. The van der Waals surface area contributed by atoms with Gasteiger partial charge >= 0.3 is 5.97 Å². The number of nitrogens with one attached hydrogen (secondary N) is 1. The van der Waals surface area contributed by atoms with Gasteiger partial charge in [-0.1, -0.05) is 23.7 Å². The van der Waals surface area contributed by atoms with Crippen molar-refractivity contribution >= 4 is 24.0 Å². The Bertz CT molecular complexity index is 367. The van der Waals surface area contributed by atoms with E-state index in [1.807, 2.05) is 0 Å². The van der Waals surface area contributed by atoms with Gasteiger partial charge in [0.25, 0.3) is 0 Å². The highest BCUT2D eigenvalue weighted by Gasteiger charge is 2.14. The molecule has 5 heteroatoms. The number of halogens is 1. The molecule has 0 aliphatic rings. The zero-order valence-electron chi connectivity index (χ0n) is 7.81. The van der Waals surface area contributed by atoms with Crippen LogP contribution >= 0.6 is 11.6 Å². The van der Waals surface area contributed by atoms with E-state index < -0.39 is 12.0 Å². The van der Waals surface area contributed by atoms with Gasteiger partial charge in [-0.05, 0) is 17.7 Å². The van der Waals surface area contributed by atoms with Crippen LogP contribution in [-0.2, 0) is 9.59 Å². The van der Waals surface area contributed by atoms with Crippen molar-refractivity contribution in [3.8, 4) is 0 Å². The smallest absolute Gasteiger partial charge is 0.305 e. The lowest BCUT2D eigenvalue weighted by atomic mass is 10.0. The van der Waals surface area contributed by atoms with Crippen LogP contribution in [-0.4, -0.2) is 17.5 Å². The molecular weight excluding hydrogens is 218 g/mol. The van der Waals surface area contributed by atoms with E-state index in [9.17, 15) is 9.59 Å². The Hall–Kier alpha value is -1.55. The number of carbonyl (C=O) groups excluding carboxylic acids is 1. The molecule has 1 unspecified atom stereocenters. The van der Waals surface area contributed by atoms with E-state index >= 15 is 0 Å². The lowest BCUT2D eigenvalue weighted by Crippen LogP contribution is -2.22. The van der Waals surface area contributed by atoms with E-state index in [1.54, 1.807) is 24.3 Å². The molecule has 0 fully saturated rings. The van der Waals surface area contributed by atoms with Gasteiger partial charge in [-0.3, -0.25) is 9.59 Å². The number of carboxylic acids is 1. The Balaban J connectivity index is 2.87. The number of amides is 1. The molecule has 80 valence electrons. The van der Waals surface area contributed by atoms with Crippen LogP contribution in [0.3, 0.4) is 0 Å². The highest BCUT2D eigenvalue weighted by molar-refractivity contribution is 6.30. The fraction of sp³-hybridized carbons (Fsp3) is 0.200. The van der Waals surface area contributed by atoms with Gasteiger partial charge in [0.05, 0.1) is 12.5 Å². The topological polar surface area (TPSA) is 66.4 Å². The molecule has 4 nitrogen and oxygen atoms in total.